The number of alkyl halides is 9. The van der Waals surface area contributed by atoms with Crippen LogP contribution in [0.2, 0.25) is 0 Å². The Hall–Kier alpha value is -1.21. The highest BCUT2D eigenvalue weighted by Gasteiger charge is 2.50. The number of benzene rings is 1. The maximum absolute atomic E-state index is 13.7. The molecule has 174 valence electrons. The quantitative estimate of drug-likeness (QED) is 0.283. The molecule has 31 heavy (non-hydrogen) atoms. The van der Waals surface area contributed by atoms with Crippen LogP contribution in [0.3, 0.4) is 0 Å². The first kappa shape index (κ1) is 26.0. The van der Waals surface area contributed by atoms with Gasteiger partial charge in [-0.05, 0) is 57.4 Å². The molecule has 1 aromatic carbocycles. The van der Waals surface area contributed by atoms with Gasteiger partial charge in [0, 0.05) is 17.7 Å². The second kappa shape index (κ2) is 7.98. The second-order valence-corrected chi connectivity index (χ2v) is 10.8. The van der Waals surface area contributed by atoms with Crippen LogP contribution in [0.4, 0.5) is 39.5 Å². The Morgan fingerprint density at radius 3 is 1.55 bits per heavy atom. The van der Waals surface area contributed by atoms with Gasteiger partial charge in [-0.25, -0.2) is 0 Å². The Labute approximate surface area is 179 Å². The first-order chi connectivity index (χ1) is 13.7. The molecule has 0 N–H and O–H groups in total. The molecular formula is C20H19ClF9P. The maximum Gasteiger partial charge on any atom is 0.417 e. The minimum absolute atomic E-state index is 0.0901. The summed E-state index contributed by atoms with van der Waals surface area (Å²) in [6.07, 6.45) is -16.2. The lowest BCUT2D eigenvalue weighted by molar-refractivity contribution is -0.147. The standard InChI is InChI=1S/C20H19ClF9P/c1-9-8-17(5,12(4)11(3)10(9)2)31(21)16-14(19(25,26)27)6-13(18(22,23)24)7-15(16)20(28,29)30/h6-7H,8H2,1-5H3. The van der Waals surface area contributed by atoms with E-state index in [4.69, 9.17) is 11.2 Å². The highest BCUT2D eigenvalue weighted by Crippen LogP contribution is 2.64. The normalized spacial score (nSPS) is 22.3. The van der Waals surface area contributed by atoms with Crippen molar-refractivity contribution in [3.05, 3.63) is 51.1 Å². The molecule has 1 aliphatic rings. The van der Waals surface area contributed by atoms with Gasteiger partial charge in [0.25, 0.3) is 0 Å². The summed E-state index contributed by atoms with van der Waals surface area (Å²) in [5.41, 5.74) is -3.24. The van der Waals surface area contributed by atoms with Gasteiger partial charge in [0.05, 0.1) is 16.7 Å². The SMILES string of the molecule is CC1=C(C)C(C)=C(C)C(C)(P(Cl)c2c(C(F)(F)F)cc(C(F)(F)F)cc2C(F)(F)F)C1. The fourth-order valence-electron chi connectivity index (χ4n) is 3.69. The third kappa shape index (κ3) is 4.77. The van der Waals surface area contributed by atoms with Crippen LogP contribution in [-0.2, 0) is 18.5 Å². The molecule has 0 amide bonds. The van der Waals surface area contributed by atoms with E-state index in [-0.39, 0.29) is 18.6 Å². The van der Waals surface area contributed by atoms with E-state index < -0.39 is 53.0 Å². The summed E-state index contributed by atoms with van der Waals surface area (Å²) in [5.74, 6) is 0. The molecule has 0 radical (unpaired) electrons. The molecule has 0 bridgehead atoms. The monoisotopic (exact) mass is 496 g/mol. The zero-order valence-electron chi connectivity index (χ0n) is 17.1. The van der Waals surface area contributed by atoms with E-state index in [9.17, 15) is 39.5 Å². The van der Waals surface area contributed by atoms with Gasteiger partial charge in [-0.1, -0.05) is 29.3 Å². The lowest BCUT2D eigenvalue weighted by Gasteiger charge is -2.42. The minimum atomic E-state index is -5.47. The van der Waals surface area contributed by atoms with E-state index in [1.165, 1.54) is 6.92 Å². The minimum Gasteiger partial charge on any atom is -0.166 e. The Bertz CT molecular complexity index is 916. The van der Waals surface area contributed by atoms with Gasteiger partial charge in [0.2, 0.25) is 0 Å². The highest BCUT2D eigenvalue weighted by atomic mass is 35.7. The maximum atomic E-state index is 13.7. The van der Waals surface area contributed by atoms with E-state index in [1.807, 2.05) is 0 Å². The molecule has 1 aromatic rings. The zero-order valence-corrected chi connectivity index (χ0v) is 18.7. The van der Waals surface area contributed by atoms with Crippen molar-refractivity contribution >= 4 is 23.8 Å². The zero-order chi connectivity index (χ0) is 24.3. The van der Waals surface area contributed by atoms with Crippen molar-refractivity contribution in [2.45, 2.75) is 64.7 Å². The third-order valence-electron chi connectivity index (χ3n) is 5.86. The van der Waals surface area contributed by atoms with Crippen LogP contribution >= 0.6 is 18.5 Å². The first-order valence-electron chi connectivity index (χ1n) is 8.93. The average Bonchev–Trinajstić information content (AvgIpc) is 2.60. The Balaban J connectivity index is 2.93. The molecule has 1 aliphatic carbocycles. The summed E-state index contributed by atoms with van der Waals surface area (Å²) in [6, 6.07) is -0.567. The Morgan fingerprint density at radius 2 is 1.19 bits per heavy atom. The van der Waals surface area contributed by atoms with Crippen molar-refractivity contribution in [2.24, 2.45) is 0 Å². The summed E-state index contributed by atoms with van der Waals surface area (Å²) in [4.78, 5) is 0. The van der Waals surface area contributed by atoms with Crippen LogP contribution in [0.1, 0.15) is 57.7 Å². The topological polar surface area (TPSA) is 0 Å². The molecule has 0 saturated carbocycles. The number of hydrogen-bond acceptors (Lipinski definition) is 0. The second-order valence-electron chi connectivity index (χ2n) is 7.80. The predicted molar refractivity (Wildman–Crippen MR) is 104 cm³/mol. The summed E-state index contributed by atoms with van der Waals surface area (Å²) >= 11 is 6.42. The van der Waals surface area contributed by atoms with Crippen LogP contribution in [0, 0.1) is 0 Å². The summed E-state index contributed by atoms with van der Waals surface area (Å²) in [7, 11) is -2.73. The Morgan fingerprint density at radius 1 is 0.774 bits per heavy atom. The van der Waals surface area contributed by atoms with Gasteiger partial charge in [-0.3, -0.25) is 0 Å². The molecule has 0 nitrogen and oxygen atoms in total. The van der Waals surface area contributed by atoms with E-state index in [2.05, 4.69) is 0 Å². The molecule has 2 unspecified atom stereocenters. The molecule has 0 saturated heterocycles. The molecule has 0 fully saturated rings. The number of rotatable bonds is 2. The van der Waals surface area contributed by atoms with Crippen molar-refractivity contribution in [1.29, 1.82) is 0 Å². The molecule has 0 heterocycles. The van der Waals surface area contributed by atoms with Gasteiger partial charge in [-0.2, -0.15) is 39.5 Å². The van der Waals surface area contributed by atoms with Crippen molar-refractivity contribution in [3.63, 3.8) is 0 Å². The van der Waals surface area contributed by atoms with Gasteiger partial charge >= 0.3 is 18.5 Å². The lowest BCUT2D eigenvalue weighted by Crippen LogP contribution is -2.36. The fourth-order valence-corrected chi connectivity index (χ4v) is 6.94. The predicted octanol–water partition coefficient (Wildman–Crippen LogP) is 8.84. The lowest BCUT2D eigenvalue weighted by atomic mass is 9.81. The Kier molecular flexibility index (Phi) is 6.70. The van der Waals surface area contributed by atoms with Gasteiger partial charge < -0.3 is 0 Å². The number of hydrogen-bond donors (Lipinski definition) is 0. The molecule has 11 heteroatoms. The van der Waals surface area contributed by atoms with E-state index in [0.29, 0.717) is 11.1 Å². The van der Waals surface area contributed by atoms with Crippen molar-refractivity contribution in [2.75, 3.05) is 0 Å². The van der Waals surface area contributed by atoms with Crippen molar-refractivity contribution < 1.29 is 39.5 Å². The largest absolute Gasteiger partial charge is 0.417 e. The van der Waals surface area contributed by atoms with Crippen LogP contribution in [-0.4, -0.2) is 5.16 Å². The summed E-state index contributed by atoms with van der Waals surface area (Å²) in [5, 5.41) is -2.64. The van der Waals surface area contributed by atoms with Crippen LogP contribution in [0.5, 0.6) is 0 Å². The average molecular weight is 497 g/mol. The number of allylic oxidation sites excluding steroid dienone is 4. The van der Waals surface area contributed by atoms with Crippen molar-refractivity contribution in [3.8, 4) is 0 Å². The van der Waals surface area contributed by atoms with Crippen LogP contribution in [0.15, 0.2) is 34.4 Å². The molecule has 2 atom stereocenters. The highest BCUT2D eigenvalue weighted by molar-refractivity contribution is 7.91. The molecule has 2 rings (SSSR count). The van der Waals surface area contributed by atoms with E-state index >= 15 is 0 Å². The van der Waals surface area contributed by atoms with Gasteiger partial charge in [0.15, 0.2) is 0 Å². The van der Waals surface area contributed by atoms with Gasteiger partial charge in [0.1, 0.15) is 0 Å². The molecule has 0 spiro atoms. The van der Waals surface area contributed by atoms with Gasteiger partial charge in [-0.15, -0.1) is 0 Å². The van der Waals surface area contributed by atoms with Crippen LogP contribution < -0.4 is 5.30 Å². The number of halogens is 10. The molecular weight excluding hydrogens is 478 g/mol. The first-order valence-corrected chi connectivity index (χ1v) is 11.2. The van der Waals surface area contributed by atoms with Crippen LogP contribution in [0.25, 0.3) is 0 Å². The fraction of sp³-hybridized carbons (Fsp3) is 0.500. The van der Waals surface area contributed by atoms with E-state index in [0.717, 1.165) is 11.1 Å². The molecule has 0 aromatic heterocycles. The molecule has 0 aliphatic heterocycles. The van der Waals surface area contributed by atoms with Crippen molar-refractivity contribution in [1.82, 2.24) is 0 Å². The van der Waals surface area contributed by atoms with E-state index in [1.54, 1.807) is 27.7 Å². The third-order valence-corrected chi connectivity index (χ3v) is 9.72. The smallest absolute Gasteiger partial charge is 0.166 e. The summed E-state index contributed by atoms with van der Waals surface area (Å²) < 4.78 is 122. The summed E-state index contributed by atoms with van der Waals surface area (Å²) in [6.45, 7) is 8.20.